The van der Waals surface area contributed by atoms with Crippen molar-refractivity contribution in [1.82, 2.24) is 0 Å². The lowest BCUT2D eigenvalue weighted by atomic mass is 9.74. The van der Waals surface area contributed by atoms with Crippen LogP contribution in [0.15, 0.2) is 40.5 Å². The van der Waals surface area contributed by atoms with E-state index in [-0.39, 0.29) is 35.8 Å². The molecule has 0 aromatic heterocycles. The molecule has 1 heterocycles. The number of benzene rings is 1. The quantitative estimate of drug-likeness (QED) is 0.696. The molecule has 0 spiro atoms. The highest BCUT2D eigenvalue weighted by atomic mass is 19.4. The van der Waals surface area contributed by atoms with Gasteiger partial charge in [0.05, 0.1) is 24.4 Å². The van der Waals surface area contributed by atoms with E-state index in [1.807, 2.05) is 0 Å². The number of aliphatic imine (C=N–C) groups is 1. The molecule has 2 rings (SSSR count). The predicted molar refractivity (Wildman–Crippen MR) is 96.8 cm³/mol. The zero-order valence-electron chi connectivity index (χ0n) is 16.1. The largest absolute Gasteiger partial charge is 0.465 e. The maximum atomic E-state index is 13.7. The van der Waals surface area contributed by atoms with E-state index in [4.69, 9.17) is 9.47 Å². The van der Waals surface area contributed by atoms with Crippen LogP contribution < -0.4 is 0 Å². The zero-order chi connectivity index (χ0) is 21.1. The topological polar surface area (TPSA) is 65.0 Å². The number of hydrogen-bond donors (Lipinski definition) is 0. The fraction of sp³-hybridized carbons (Fsp3) is 0.450. The summed E-state index contributed by atoms with van der Waals surface area (Å²) in [5.41, 5.74) is -0.671. The highest BCUT2D eigenvalue weighted by Gasteiger charge is 2.46. The molecule has 0 N–H and O–H groups in total. The van der Waals surface area contributed by atoms with Crippen LogP contribution in [0, 0.1) is 5.92 Å². The normalized spacial score (nSPS) is 19.9. The van der Waals surface area contributed by atoms with E-state index >= 15 is 0 Å². The van der Waals surface area contributed by atoms with Gasteiger partial charge in [0, 0.05) is 17.3 Å². The number of ether oxygens (including phenoxy) is 2. The summed E-state index contributed by atoms with van der Waals surface area (Å²) in [4.78, 5) is 29.5. The molecule has 0 fully saturated rings. The van der Waals surface area contributed by atoms with Crippen molar-refractivity contribution in [2.75, 3.05) is 13.2 Å². The number of hydrogen-bond acceptors (Lipinski definition) is 5. The summed E-state index contributed by atoms with van der Waals surface area (Å²) in [6.45, 7) is 6.33. The third-order valence-electron chi connectivity index (χ3n) is 4.47. The van der Waals surface area contributed by atoms with Crippen LogP contribution in [0.5, 0.6) is 0 Å². The van der Waals surface area contributed by atoms with Gasteiger partial charge >= 0.3 is 18.1 Å². The first-order valence-electron chi connectivity index (χ1n) is 8.89. The maximum absolute atomic E-state index is 13.7. The molecule has 0 saturated heterocycles. The van der Waals surface area contributed by atoms with Gasteiger partial charge in [-0.25, -0.2) is 4.79 Å². The molecule has 152 valence electrons. The molecule has 0 saturated carbocycles. The first-order chi connectivity index (χ1) is 13.1. The second-order valence-corrected chi connectivity index (χ2v) is 6.27. The Morgan fingerprint density at radius 3 is 2.25 bits per heavy atom. The van der Waals surface area contributed by atoms with Crippen LogP contribution in [-0.2, 0) is 25.2 Å². The average Bonchev–Trinajstić information content (AvgIpc) is 2.60. The Morgan fingerprint density at radius 2 is 1.68 bits per heavy atom. The summed E-state index contributed by atoms with van der Waals surface area (Å²) < 4.78 is 51.1. The van der Waals surface area contributed by atoms with Crippen molar-refractivity contribution >= 4 is 17.7 Å². The lowest BCUT2D eigenvalue weighted by molar-refractivity contribution is -0.147. The standard InChI is InChI=1S/C20H22F3NO4/c1-5-27-18(25)15-11(3)24-12(4)16(19(26)28-6-2)17(15)13-9-7-8-10-14(13)20(21,22)23/h7-10,15,17H,5-6H2,1-4H3. The predicted octanol–water partition coefficient (Wildman–Crippen LogP) is 4.28. The molecule has 2 unspecified atom stereocenters. The third-order valence-corrected chi connectivity index (χ3v) is 4.47. The van der Waals surface area contributed by atoms with Gasteiger partial charge in [0.2, 0.25) is 0 Å². The molecule has 1 aromatic carbocycles. The molecule has 0 aliphatic carbocycles. The Morgan fingerprint density at radius 1 is 1.07 bits per heavy atom. The van der Waals surface area contributed by atoms with Gasteiger partial charge in [-0.15, -0.1) is 0 Å². The van der Waals surface area contributed by atoms with Gasteiger partial charge in [-0.3, -0.25) is 9.79 Å². The highest BCUT2D eigenvalue weighted by Crippen LogP contribution is 2.44. The summed E-state index contributed by atoms with van der Waals surface area (Å²) in [5.74, 6) is -3.91. The van der Waals surface area contributed by atoms with Crippen molar-refractivity contribution in [3.8, 4) is 0 Å². The molecule has 2 atom stereocenters. The fourth-order valence-electron chi connectivity index (χ4n) is 3.41. The van der Waals surface area contributed by atoms with Crippen LogP contribution in [-0.4, -0.2) is 30.9 Å². The Kier molecular flexibility index (Phi) is 6.64. The first kappa shape index (κ1) is 21.7. The zero-order valence-corrected chi connectivity index (χ0v) is 16.1. The van der Waals surface area contributed by atoms with Crippen molar-refractivity contribution in [3.63, 3.8) is 0 Å². The van der Waals surface area contributed by atoms with Crippen LogP contribution in [0.25, 0.3) is 0 Å². The van der Waals surface area contributed by atoms with Gasteiger partial charge in [0.1, 0.15) is 5.92 Å². The van der Waals surface area contributed by atoms with Crippen molar-refractivity contribution in [3.05, 3.63) is 46.7 Å². The van der Waals surface area contributed by atoms with E-state index in [1.54, 1.807) is 13.8 Å². The summed E-state index contributed by atoms with van der Waals surface area (Å²) in [7, 11) is 0. The minimum Gasteiger partial charge on any atom is -0.465 e. The van der Waals surface area contributed by atoms with Crippen LogP contribution in [0.4, 0.5) is 13.2 Å². The average molecular weight is 397 g/mol. The number of alkyl halides is 3. The Bertz CT molecular complexity index is 827. The molecule has 5 nitrogen and oxygen atoms in total. The second kappa shape index (κ2) is 8.58. The second-order valence-electron chi connectivity index (χ2n) is 6.27. The number of halogens is 3. The summed E-state index contributed by atoms with van der Waals surface area (Å²) in [6, 6.07) is 4.89. The Balaban J connectivity index is 2.76. The molecule has 1 aliphatic rings. The molecule has 1 aliphatic heterocycles. The molecule has 1 aromatic rings. The molecular weight excluding hydrogens is 375 g/mol. The number of allylic oxidation sites excluding steroid dienone is 1. The van der Waals surface area contributed by atoms with Gasteiger partial charge < -0.3 is 9.47 Å². The number of esters is 2. The van der Waals surface area contributed by atoms with E-state index in [1.165, 1.54) is 32.0 Å². The summed E-state index contributed by atoms with van der Waals surface area (Å²) in [5, 5.41) is 0. The van der Waals surface area contributed by atoms with Crippen LogP contribution in [0.2, 0.25) is 0 Å². The van der Waals surface area contributed by atoms with Crippen LogP contribution >= 0.6 is 0 Å². The summed E-state index contributed by atoms with van der Waals surface area (Å²) in [6.07, 6.45) is -4.66. The molecule has 0 amide bonds. The van der Waals surface area contributed by atoms with Gasteiger partial charge in [0.25, 0.3) is 0 Å². The molecular formula is C20H22F3NO4. The van der Waals surface area contributed by atoms with E-state index in [0.717, 1.165) is 6.07 Å². The highest BCUT2D eigenvalue weighted by molar-refractivity contribution is 6.07. The smallest absolute Gasteiger partial charge is 0.416 e. The Labute approximate surface area is 161 Å². The van der Waals surface area contributed by atoms with Crippen LogP contribution in [0.1, 0.15) is 44.7 Å². The van der Waals surface area contributed by atoms with Crippen molar-refractivity contribution in [2.45, 2.75) is 39.8 Å². The minimum atomic E-state index is -4.66. The summed E-state index contributed by atoms with van der Waals surface area (Å²) >= 11 is 0. The van der Waals surface area contributed by atoms with E-state index < -0.39 is 35.5 Å². The number of carbonyl (C=O) groups is 2. The van der Waals surface area contributed by atoms with Crippen LogP contribution in [0.3, 0.4) is 0 Å². The van der Waals surface area contributed by atoms with Gasteiger partial charge in [-0.05, 0) is 39.3 Å². The minimum absolute atomic E-state index is 0.0377. The molecule has 8 heteroatoms. The third kappa shape index (κ3) is 4.26. The molecule has 28 heavy (non-hydrogen) atoms. The number of nitrogens with zero attached hydrogens (tertiary/aromatic N) is 1. The fourth-order valence-corrected chi connectivity index (χ4v) is 3.41. The molecule has 0 radical (unpaired) electrons. The van der Waals surface area contributed by atoms with Crippen molar-refractivity contribution in [1.29, 1.82) is 0 Å². The Hall–Kier alpha value is -2.64. The van der Waals surface area contributed by atoms with Gasteiger partial charge in [-0.1, -0.05) is 18.2 Å². The van der Waals surface area contributed by atoms with Crippen molar-refractivity contribution < 1.29 is 32.2 Å². The van der Waals surface area contributed by atoms with Gasteiger partial charge in [-0.2, -0.15) is 13.2 Å². The van der Waals surface area contributed by atoms with Crippen molar-refractivity contribution in [2.24, 2.45) is 10.9 Å². The SMILES string of the molecule is CCOC(=O)C1=C(C)N=C(C)C(C(=O)OCC)C1c1ccccc1C(F)(F)F. The molecule has 0 bridgehead atoms. The number of carbonyl (C=O) groups excluding carboxylic acids is 2. The maximum Gasteiger partial charge on any atom is 0.416 e. The number of rotatable bonds is 5. The lowest BCUT2D eigenvalue weighted by Crippen LogP contribution is -2.37. The van der Waals surface area contributed by atoms with E-state index in [0.29, 0.717) is 0 Å². The first-order valence-corrected chi connectivity index (χ1v) is 8.89. The van der Waals surface area contributed by atoms with Gasteiger partial charge in [0.15, 0.2) is 0 Å². The monoisotopic (exact) mass is 397 g/mol. The van der Waals surface area contributed by atoms with E-state index in [9.17, 15) is 22.8 Å². The lowest BCUT2D eigenvalue weighted by Gasteiger charge is -2.32. The van der Waals surface area contributed by atoms with E-state index in [2.05, 4.69) is 4.99 Å².